The van der Waals surface area contributed by atoms with Crippen LogP contribution in [0.15, 0.2) is 61.2 Å². The van der Waals surface area contributed by atoms with Gasteiger partial charge in [-0.05, 0) is 37.1 Å². The van der Waals surface area contributed by atoms with Crippen LogP contribution in [0.3, 0.4) is 0 Å². The average Bonchev–Trinajstić information content (AvgIpc) is 3.03. The highest BCUT2D eigenvalue weighted by Gasteiger charge is 2.04. The first kappa shape index (κ1) is 13.4. The van der Waals surface area contributed by atoms with Crippen LogP contribution in [0.5, 0.6) is 0 Å². The summed E-state index contributed by atoms with van der Waals surface area (Å²) in [7, 11) is 0. The van der Waals surface area contributed by atoms with Gasteiger partial charge in [-0.1, -0.05) is 35.9 Å². The largest absolute Gasteiger partial charge is 0.379 e. The highest BCUT2D eigenvalue weighted by Crippen LogP contribution is 2.21. The Hall–Kier alpha value is -2.55. The average molecular weight is 277 g/mol. The summed E-state index contributed by atoms with van der Waals surface area (Å²) in [5, 5.41) is 3.54. The molecular formula is C18H19N3. The van der Waals surface area contributed by atoms with Crippen LogP contribution in [0.25, 0.3) is 5.69 Å². The number of anilines is 1. The molecule has 3 aromatic rings. The van der Waals surface area contributed by atoms with Crippen LogP contribution in [0.1, 0.15) is 16.7 Å². The molecule has 3 heteroatoms. The maximum Gasteiger partial charge on any atom is 0.0992 e. The minimum atomic E-state index is 0.819. The van der Waals surface area contributed by atoms with E-state index in [4.69, 9.17) is 0 Å². The molecule has 0 radical (unpaired) electrons. The topological polar surface area (TPSA) is 29.9 Å². The van der Waals surface area contributed by atoms with E-state index in [2.05, 4.69) is 54.5 Å². The SMILES string of the molecule is Cc1ccc(C)c(CNc2ccccc2-n2ccnc2)c1. The minimum Gasteiger partial charge on any atom is -0.379 e. The van der Waals surface area contributed by atoms with E-state index in [1.807, 2.05) is 29.2 Å². The van der Waals surface area contributed by atoms with Gasteiger partial charge in [-0.15, -0.1) is 0 Å². The normalized spacial score (nSPS) is 10.6. The Balaban J connectivity index is 1.84. The lowest BCUT2D eigenvalue weighted by Gasteiger charge is -2.14. The number of nitrogens with one attached hydrogen (secondary N) is 1. The molecule has 3 nitrogen and oxygen atoms in total. The van der Waals surface area contributed by atoms with E-state index in [1.165, 1.54) is 16.7 Å². The molecule has 3 rings (SSSR count). The molecule has 0 amide bonds. The summed E-state index contributed by atoms with van der Waals surface area (Å²) in [5.74, 6) is 0. The number of hydrogen-bond acceptors (Lipinski definition) is 2. The Morgan fingerprint density at radius 2 is 1.95 bits per heavy atom. The molecule has 1 N–H and O–H groups in total. The maximum absolute atomic E-state index is 4.12. The van der Waals surface area contributed by atoms with Crippen LogP contribution in [-0.4, -0.2) is 9.55 Å². The van der Waals surface area contributed by atoms with Crippen molar-refractivity contribution in [1.82, 2.24) is 9.55 Å². The first-order valence-electron chi connectivity index (χ1n) is 7.11. The summed E-state index contributed by atoms with van der Waals surface area (Å²) in [5.41, 5.74) is 6.15. The molecule has 0 saturated carbocycles. The number of aromatic nitrogens is 2. The van der Waals surface area contributed by atoms with Gasteiger partial charge in [-0.3, -0.25) is 0 Å². The van der Waals surface area contributed by atoms with Gasteiger partial charge in [0.15, 0.2) is 0 Å². The van der Waals surface area contributed by atoms with E-state index in [1.54, 1.807) is 6.20 Å². The van der Waals surface area contributed by atoms with Crippen LogP contribution < -0.4 is 5.32 Å². The molecule has 0 bridgehead atoms. The highest BCUT2D eigenvalue weighted by molar-refractivity contribution is 5.61. The van der Waals surface area contributed by atoms with Crippen molar-refractivity contribution in [2.45, 2.75) is 20.4 Å². The van der Waals surface area contributed by atoms with Crippen LogP contribution in [-0.2, 0) is 6.54 Å². The van der Waals surface area contributed by atoms with Crippen LogP contribution >= 0.6 is 0 Å². The fraction of sp³-hybridized carbons (Fsp3) is 0.167. The third kappa shape index (κ3) is 2.97. The highest BCUT2D eigenvalue weighted by atomic mass is 15.0. The van der Waals surface area contributed by atoms with Gasteiger partial charge in [0.25, 0.3) is 0 Å². The zero-order chi connectivity index (χ0) is 14.7. The third-order valence-corrected chi connectivity index (χ3v) is 3.66. The molecule has 106 valence electrons. The van der Waals surface area contributed by atoms with E-state index in [0.29, 0.717) is 0 Å². The molecule has 2 aromatic carbocycles. The molecule has 0 atom stereocenters. The van der Waals surface area contributed by atoms with Gasteiger partial charge in [-0.25, -0.2) is 4.98 Å². The number of hydrogen-bond donors (Lipinski definition) is 1. The predicted molar refractivity (Wildman–Crippen MR) is 86.8 cm³/mol. The summed E-state index contributed by atoms with van der Waals surface area (Å²) in [6, 6.07) is 14.8. The molecule has 0 aliphatic carbocycles. The Labute approximate surface area is 125 Å². The predicted octanol–water partition coefficient (Wildman–Crippen LogP) is 4.10. The fourth-order valence-corrected chi connectivity index (χ4v) is 2.43. The summed E-state index contributed by atoms with van der Waals surface area (Å²) in [6.07, 6.45) is 5.57. The van der Waals surface area contributed by atoms with Crippen molar-refractivity contribution >= 4 is 5.69 Å². The second-order valence-corrected chi connectivity index (χ2v) is 5.27. The van der Waals surface area contributed by atoms with Gasteiger partial charge in [-0.2, -0.15) is 0 Å². The summed E-state index contributed by atoms with van der Waals surface area (Å²) in [6.45, 7) is 5.10. The molecule has 0 fully saturated rings. The van der Waals surface area contributed by atoms with E-state index >= 15 is 0 Å². The van der Waals surface area contributed by atoms with Crippen molar-refractivity contribution in [3.63, 3.8) is 0 Å². The van der Waals surface area contributed by atoms with Gasteiger partial charge in [0, 0.05) is 18.9 Å². The first-order chi connectivity index (χ1) is 10.2. The number of para-hydroxylation sites is 2. The summed E-state index contributed by atoms with van der Waals surface area (Å²) < 4.78 is 2.02. The summed E-state index contributed by atoms with van der Waals surface area (Å²) in [4.78, 5) is 4.12. The third-order valence-electron chi connectivity index (χ3n) is 3.66. The van der Waals surface area contributed by atoms with E-state index in [0.717, 1.165) is 17.9 Å². The van der Waals surface area contributed by atoms with E-state index in [9.17, 15) is 0 Å². The maximum atomic E-state index is 4.12. The Morgan fingerprint density at radius 1 is 1.10 bits per heavy atom. The zero-order valence-electron chi connectivity index (χ0n) is 12.4. The minimum absolute atomic E-state index is 0.819. The molecule has 0 spiro atoms. The van der Waals surface area contributed by atoms with Gasteiger partial charge in [0.1, 0.15) is 0 Å². The van der Waals surface area contributed by atoms with E-state index < -0.39 is 0 Å². The Morgan fingerprint density at radius 3 is 2.76 bits per heavy atom. The molecule has 1 heterocycles. The summed E-state index contributed by atoms with van der Waals surface area (Å²) >= 11 is 0. The molecule has 0 aliphatic heterocycles. The van der Waals surface area contributed by atoms with Gasteiger partial charge >= 0.3 is 0 Å². The lowest BCUT2D eigenvalue weighted by molar-refractivity contribution is 1.04. The molecule has 1 aromatic heterocycles. The van der Waals surface area contributed by atoms with Crippen molar-refractivity contribution in [2.24, 2.45) is 0 Å². The van der Waals surface area contributed by atoms with Crippen molar-refractivity contribution in [1.29, 1.82) is 0 Å². The quantitative estimate of drug-likeness (QED) is 0.778. The number of benzene rings is 2. The Bertz CT molecular complexity index is 730. The van der Waals surface area contributed by atoms with Gasteiger partial charge in [0.05, 0.1) is 17.7 Å². The first-order valence-corrected chi connectivity index (χ1v) is 7.11. The van der Waals surface area contributed by atoms with Crippen LogP contribution in [0, 0.1) is 13.8 Å². The van der Waals surface area contributed by atoms with Crippen molar-refractivity contribution in [3.8, 4) is 5.69 Å². The van der Waals surface area contributed by atoms with E-state index in [-0.39, 0.29) is 0 Å². The molecule has 0 saturated heterocycles. The molecule has 0 unspecified atom stereocenters. The molecule has 0 aliphatic rings. The monoisotopic (exact) mass is 277 g/mol. The number of nitrogens with zero attached hydrogens (tertiary/aromatic N) is 2. The van der Waals surface area contributed by atoms with Gasteiger partial charge < -0.3 is 9.88 Å². The fourth-order valence-electron chi connectivity index (χ4n) is 2.43. The van der Waals surface area contributed by atoms with Crippen molar-refractivity contribution in [3.05, 3.63) is 77.9 Å². The number of imidazole rings is 1. The lowest BCUT2D eigenvalue weighted by atomic mass is 10.1. The van der Waals surface area contributed by atoms with Gasteiger partial charge in [0.2, 0.25) is 0 Å². The Kier molecular flexibility index (Phi) is 3.73. The van der Waals surface area contributed by atoms with Crippen molar-refractivity contribution in [2.75, 3.05) is 5.32 Å². The standard InChI is InChI=1S/C18H19N3/c1-14-7-8-15(2)16(11-14)12-20-17-5-3-4-6-18(17)21-10-9-19-13-21/h3-11,13,20H,12H2,1-2H3. The molecular weight excluding hydrogens is 258 g/mol. The van der Waals surface area contributed by atoms with Crippen molar-refractivity contribution < 1.29 is 0 Å². The zero-order valence-corrected chi connectivity index (χ0v) is 12.4. The lowest BCUT2D eigenvalue weighted by Crippen LogP contribution is -2.05. The second-order valence-electron chi connectivity index (χ2n) is 5.27. The number of rotatable bonds is 4. The smallest absolute Gasteiger partial charge is 0.0992 e. The number of aryl methyl sites for hydroxylation is 2. The molecule has 21 heavy (non-hydrogen) atoms. The van der Waals surface area contributed by atoms with Crippen LogP contribution in [0.2, 0.25) is 0 Å². The second kappa shape index (κ2) is 5.83. The van der Waals surface area contributed by atoms with Crippen LogP contribution in [0.4, 0.5) is 5.69 Å².